The number of ether oxygens (including phenoxy) is 1. The number of nitrogens with two attached hydrogens (primary N) is 1. The second kappa shape index (κ2) is 8.39. The lowest BCUT2D eigenvalue weighted by molar-refractivity contribution is -0.136. The fraction of sp³-hybridized carbons (Fsp3) is 0.125. The van der Waals surface area contributed by atoms with Crippen molar-refractivity contribution in [1.82, 2.24) is 0 Å². The van der Waals surface area contributed by atoms with Crippen LogP contribution >= 0.6 is 0 Å². The fourth-order valence-electron chi connectivity index (χ4n) is 3.48. The van der Waals surface area contributed by atoms with Gasteiger partial charge in [0.15, 0.2) is 11.6 Å². The summed E-state index contributed by atoms with van der Waals surface area (Å²) in [5.41, 5.74) is 10.5. The van der Waals surface area contributed by atoms with Gasteiger partial charge >= 0.3 is 5.97 Å². The summed E-state index contributed by atoms with van der Waals surface area (Å²) < 4.78 is 25.7. The predicted octanol–water partition coefficient (Wildman–Crippen LogP) is 4.90. The van der Waals surface area contributed by atoms with E-state index in [2.05, 4.69) is 0 Å². The molecule has 30 heavy (non-hydrogen) atoms. The van der Waals surface area contributed by atoms with Crippen LogP contribution in [0.1, 0.15) is 16.7 Å². The van der Waals surface area contributed by atoms with E-state index < -0.39 is 11.8 Å². The minimum absolute atomic E-state index is 0.0427. The van der Waals surface area contributed by atoms with Gasteiger partial charge in [-0.3, -0.25) is 4.79 Å². The van der Waals surface area contributed by atoms with Gasteiger partial charge in [0.2, 0.25) is 0 Å². The number of para-hydroxylation sites is 1. The average Bonchev–Trinajstić information content (AvgIpc) is 3.21. The van der Waals surface area contributed by atoms with E-state index >= 15 is 0 Å². The van der Waals surface area contributed by atoms with E-state index in [-0.39, 0.29) is 18.8 Å². The first kappa shape index (κ1) is 19.7. The second-order valence-corrected chi connectivity index (χ2v) is 6.97. The molecule has 0 radical (unpaired) electrons. The van der Waals surface area contributed by atoms with Gasteiger partial charge < -0.3 is 20.0 Å². The molecule has 0 spiro atoms. The molecular formula is C24H20FNO4. The Kier molecular flexibility index (Phi) is 5.50. The van der Waals surface area contributed by atoms with Gasteiger partial charge in [-0.15, -0.1) is 0 Å². The number of furan rings is 1. The summed E-state index contributed by atoms with van der Waals surface area (Å²) in [6, 6.07) is 17.8. The molecular weight excluding hydrogens is 385 g/mol. The highest BCUT2D eigenvalue weighted by Gasteiger charge is 2.15. The first-order valence-electron chi connectivity index (χ1n) is 9.46. The van der Waals surface area contributed by atoms with Crippen LogP contribution in [0.4, 0.5) is 4.39 Å². The number of fused-ring (bicyclic) bond motifs is 1. The van der Waals surface area contributed by atoms with Crippen LogP contribution in [-0.2, 0) is 24.4 Å². The van der Waals surface area contributed by atoms with E-state index in [0.717, 1.165) is 33.2 Å². The molecule has 1 aromatic heterocycles. The number of benzene rings is 3. The Balaban J connectivity index is 1.69. The van der Waals surface area contributed by atoms with Gasteiger partial charge in [-0.05, 0) is 47.0 Å². The highest BCUT2D eigenvalue weighted by molar-refractivity contribution is 5.93. The van der Waals surface area contributed by atoms with E-state index in [9.17, 15) is 9.18 Å². The zero-order chi connectivity index (χ0) is 21.1. The Labute approximate surface area is 172 Å². The van der Waals surface area contributed by atoms with E-state index in [1.54, 1.807) is 12.3 Å². The van der Waals surface area contributed by atoms with Crippen LogP contribution in [0.2, 0.25) is 0 Å². The summed E-state index contributed by atoms with van der Waals surface area (Å²) in [5, 5.41) is 9.96. The molecule has 0 aliphatic heterocycles. The Morgan fingerprint density at radius 2 is 1.90 bits per heavy atom. The maximum Gasteiger partial charge on any atom is 0.307 e. The molecule has 0 bridgehead atoms. The fourth-order valence-corrected chi connectivity index (χ4v) is 3.48. The van der Waals surface area contributed by atoms with Crippen molar-refractivity contribution >= 4 is 16.9 Å². The third kappa shape index (κ3) is 4.04. The van der Waals surface area contributed by atoms with Gasteiger partial charge in [0, 0.05) is 23.1 Å². The van der Waals surface area contributed by atoms with Crippen LogP contribution in [0, 0.1) is 5.82 Å². The Bertz CT molecular complexity index is 1220. The number of carbonyl (C=O) groups is 1. The predicted molar refractivity (Wildman–Crippen MR) is 112 cm³/mol. The second-order valence-electron chi connectivity index (χ2n) is 6.97. The SMILES string of the molecule is NCc1cccc(-c2cc(COc3c(F)cccc3CC(=O)O)cc3ccoc23)c1. The first-order chi connectivity index (χ1) is 14.5. The van der Waals surface area contributed by atoms with Crippen LogP contribution in [0.15, 0.2) is 71.3 Å². The third-order valence-electron chi connectivity index (χ3n) is 4.86. The molecule has 0 amide bonds. The van der Waals surface area contributed by atoms with Crippen molar-refractivity contribution in [2.24, 2.45) is 5.73 Å². The molecule has 3 N–H and O–H groups in total. The number of carboxylic acids is 1. The number of carboxylic acid groups (broad SMARTS) is 1. The molecule has 0 aliphatic carbocycles. The molecule has 1 heterocycles. The van der Waals surface area contributed by atoms with Gasteiger partial charge in [-0.2, -0.15) is 0 Å². The molecule has 4 aromatic rings. The van der Waals surface area contributed by atoms with Crippen molar-refractivity contribution in [1.29, 1.82) is 0 Å². The summed E-state index contributed by atoms with van der Waals surface area (Å²) in [7, 11) is 0. The largest absolute Gasteiger partial charge is 0.486 e. The minimum Gasteiger partial charge on any atom is -0.486 e. The molecule has 6 heteroatoms. The third-order valence-corrected chi connectivity index (χ3v) is 4.86. The number of hydrogen-bond acceptors (Lipinski definition) is 4. The van der Waals surface area contributed by atoms with Crippen molar-refractivity contribution in [2.45, 2.75) is 19.6 Å². The molecule has 4 rings (SSSR count). The number of rotatable bonds is 7. The van der Waals surface area contributed by atoms with Crippen LogP contribution in [-0.4, -0.2) is 11.1 Å². The van der Waals surface area contributed by atoms with Crippen molar-refractivity contribution in [3.8, 4) is 16.9 Å². The lowest BCUT2D eigenvalue weighted by Gasteiger charge is -2.13. The zero-order valence-electron chi connectivity index (χ0n) is 16.1. The Morgan fingerprint density at radius 3 is 2.70 bits per heavy atom. The van der Waals surface area contributed by atoms with Crippen LogP contribution in [0.3, 0.4) is 0 Å². The van der Waals surface area contributed by atoms with E-state index in [0.29, 0.717) is 12.1 Å². The number of halogens is 1. The average molecular weight is 405 g/mol. The molecule has 0 saturated heterocycles. The normalized spacial score (nSPS) is 11.0. The topological polar surface area (TPSA) is 85.7 Å². The maximum atomic E-state index is 14.3. The Morgan fingerprint density at radius 1 is 1.07 bits per heavy atom. The van der Waals surface area contributed by atoms with Crippen LogP contribution in [0.25, 0.3) is 22.1 Å². The first-order valence-corrected chi connectivity index (χ1v) is 9.46. The summed E-state index contributed by atoms with van der Waals surface area (Å²) in [6.07, 6.45) is 1.30. The van der Waals surface area contributed by atoms with Gasteiger partial charge in [0.25, 0.3) is 0 Å². The molecule has 5 nitrogen and oxygen atoms in total. The lowest BCUT2D eigenvalue weighted by Crippen LogP contribution is -2.06. The molecule has 0 saturated carbocycles. The van der Waals surface area contributed by atoms with Crippen molar-refractivity contribution in [3.63, 3.8) is 0 Å². The summed E-state index contributed by atoms with van der Waals surface area (Å²) in [6.45, 7) is 0.510. The van der Waals surface area contributed by atoms with Crippen molar-refractivity contribution < 1.29 is 23.4 Å². The number of hydrogen-bond donors (Lipinski definition) is 2. The smallest absolute Gasteiger partial charge is 0.307 e. The van der Waals surface area contributed by atoms with Crippen molar-refractivity contribution in [3.05, 3.63) is 89.4 Å². The molecule has 152 valence electrons. The highest BCUT2D eigenvalue weighted by atomic mass is 19.1. The molecule has 0 fully saturated rings. The van der Waals surface area contributed by atoms with Crippen LogP contribution < -0.4 is 10.5 Å². The molecule has 0 atom stereocenters. The van der Waals surface area contributed by atoms with E-state index in [4.69, 9.17) is 20.0 Å². The van der Waals surface area contributed by atoms with Gasteiger partial charge in [0.05, 0.1) is 12.7 Å². The summed E-state index contributed by atoms with van der Waals surface area (Å²) >= 11 is 0. The monoisotopic (exact) mass is 405 g/mol. The molecule has 3 aromatic carbocycles. The lowest BCUT2D eigenvalue weighted by atomic mass is 9.99. The molecule has 0 aliphatic rings. The van der Waals surface area contributed by atoms with E-state index in [1.165, 1.54) is 12.1 Å². The summed E-state index contributed by atoms with van der Waals surface area (Å²) in [5.74, 6) is -1.68. The minimum atomic E-state index is -1.05. The zero-order valence-corrected chi connectivity index (χ0v) is 16.1. The number of aliphatic carboxylic acids is 1. The Hall–Kier alpha value is -3.64. The van der Waals surface area contributed by atoms with Gasteiger partial charge in [0.1, 0.15) is 12.2 Å². The summed E-state index contributed by atoms with van der Waals surface area (Å²) in [4.78, 5) is 11.1. The standard InChI is InChI=1S/C24H20FNO4/c25-21-6-2-5-18(12-22(27)28)24(21)30-14-16-10-19-7-8-29-23(19)20(11-16)17-4-1-3-15(9-17)13-26/h1-11H,12-14,26H2,(H,27,28). The van der Waals surface area contributed by atoms with Gasteiger partial charge in [-0.1, -0.05) is 30.3 Å². The van der Waals surface area contributed by atoms with Crippen LogP contribution in [0.5, 0.6) is 5.75 Å². The highest BCUT2D eigenvalue weighted by Crippen LogP contribution is 2.32. The van der Waals surface area contributed by atoms with E-state index in [1.807, 2.05) is 42.5 Å². The maximum absolute atomic E-state index is 14.3. The van der Waals surface area contributed by atoms with Crippen molar-refractivity contribution in [2.75, 3.05) is 0 Å². The molecule has 0 unspecified atom stereocenters. The quantitative estimate of drug-likeness (QED) is 0.457. The van der Waals surface area contributed by atoms with Gasteiger partial charge in [-0.25, -0.2) is 4.39 Å².